The molecule has 0 aromatic carbocycles. The molecule has 3 N–H and O–H groups in total. The van der Waals surface area contributed by atoms with E-state index in [0.29, 0.717) is 0 Å². The van der Waals surface area contributed by atoms with Crippen molar-refractivity contribution in [1.82, 2.24) is 40.7 Å². The minimum absolute atomic E-state index is 0. The van der Waals surface area contributed by atoms with Crippen LogP contribution in [0.4, 0.5) is 0 Å². The van der Waals surface area contributed by atoms with E-state index in [1.54, 1.807) is 0 Å². The van der Waals surface area contributed by atoms with Crippen LogP contribution in [-0.4, -0.2) is 68.0 Å². The van der Waals surface area contributed by atoms with E-state index < -0.39 is 0 Å². The fourth-order valence-corrected chi connectivity index (χ4v) is 0.619. The molecule has 2 radical (unpaired) electrons. The summed E-state index contributed by atoms with van der Waals surface area (Å²) in [5, 5.41) is 39.9. The quantitative estimate of drug-likeness (QED) is 0.358. The van der Waals surface area contributed by atoms with Gasteiger partial charge in [-0.25, -0.2) is 0 Å². The maximum atomic E-state index is 10.7. The smallest absolute Gasteiger partial charge is 0.787 e. The van der Waals surface area contributed by atoms with Crippen LogP contribution < -0.4 is 0 Å². The first-order valence-corrected chi connectivity index (χ1v) is 2.71. The van der Waals surface area contributed by atoms with Gasteiger partial charge in [0.15, 0.2) is 0 Å². The Labute approximate surface area is 95.7 Å². The first-order valence-electron chi connectivity index (χ1n) is 2.71. The van der Waals surface area contributed by atoms with E-state index in [2.05, 4.69) is 31.1 Å². The second kappa shape index (κ2) is 4.75. The van der Waals surface area contributed by atoms with Crippen molar-refractivity contribution >= 4 is 27.3 Å². The van der Waals surface area contributed by atoms with Gasteiger partial charge in [-0.1, -0.05) is 0 Å². The molecule has 2 rings (SSSR count). The van der Waals surface area contributed by atoms with Gasteiger partial charge >= 0.3 is 27.3 Å². The Morgan fingerprint density at radius 3 is 1.43 bits per heavy atom. The van der Waals surface area contributed by atoms with Gasteiger partial charge in [0.1, 0.15) is 0 Å². The van der Waals surface area contributed by atoms with Gasteiger partial charge in [-0.05, 0) is 20.9 Å². The van der Waals surface area contributed by atoms with Gasteiger partial charge in [0, 0.05) is 0 Å². The van der Waals surface area contributed by atoms with Gasteiger partial charge in [-0.3, -0.25) is 9.69 Å². The third-order valence-corrected chi connectivity index (χ3v) is 1.08. The Hall–Kier alpha value is -1.38. The van der Waals surface area contributed by atoms with Crippen LogP contribution in [0.5, 0.6) is 0 Å². The topological polar surface area (TPSA) is 166 Å². The molecule has 0 bridgehead atoms. The van der Waals surface area contributed by atoms with Crippen LogP contribution in [0.3, 0.4) is 0 Å². The minimum Gasteiger partial charge on any atom is -0.787 e. The molecule has 0 spiro atoms. The number of nitrogens with zero attached hydrogens (tertiary/aromatic N) is 8. The zero-order chi connectivity index (χ0) is 8.55. The molecular formula is C2H3N8O3Pb+. The Bertz CT molecular complexity index is 358. The van der Waals surface area contributed by atoms with Gasteiger partial charge < -0.3 is 15.9 Å². The molecule has 0 aliphatic rings. The number of aromatic nitrogens is 8. The van der Waals surface area contributed by atoms with Crippen molar-refractivity contribution in [1.29, 1.82) is 0 Å². The molecule has 0 atom stereocenters. The molecular weight excluding hydrogens is 391 g/mol. The van der Waals surface area contributed by atoms with E-state index >= 15 is 0 Å². The zero-order valence-corrected chi connectivity index (χ0v) is 10.4. The van der Waals surface area contributed by atoms with E-state index in [9.17, 15) is 10.4 Å². The fourth-order valence-electron chi connectivity index (χ4n) is 0.619. The van der Waals surface area contributed by atoms with Crippen molar-refractivity contribution in [2.45, 2.75) is 0 Å². The van der Waals surface area contributed by atoms with E-state index in [1.165, 1.54) is 0 Å². The van der Waals surface area contributed by atoms with Crippen LogP contribution >= 0.6 is 0 Å². The van der Waals surface area contributed by atoms with E-state index in [4.69, 9.17) is 0 Å². The standard InChI is InChI=1S/C2N8O2.H2O.Pb/c11-9-1(3-5-7-9)2-4-6-8-10(2)12;;/h;1H2;/q-2;;+2/p+1. The van der Waals surface area contributed by atoms with Crippen LogP contribution in [0.15, 0.2) is 0 Å². The summed E-state index contributed by atoms with van der Waals surface area (Å²) in [7, 11) is 0. The van der Waals surface area contributed by atoms with Crippen molar-refractivity contribution in [2.24, 2.45) is 0 Å². The molecule has 2 aromatic rings. The number of hydrogen-bond acceptors (Lipinski definition) is 8. The SMILES string of the molecule is [O-]n1nnnc1-c1nnnn1[O-].[OH3+].[Pb+2]. The second-order valence-electron chi connectivity index (χ2n) is 1.75. The predicted octanol–water partition coefficient (Wildman–Crippen LogP) is -3.28. The van der Waals surface area contributed by atoms with Crippen LogP contribution in [0.1, 0.15) is 0 Å². The van der Waals surface area contributed by atoms with Gasteiger partial charge in [0.05, 0.1) is 0 Å². The maximum Gasteiger partial charge on any atom is 2.00 e. The summed E-state index contributed by atoms with van der Waals surface area (Å²) in [5.74, 6) is -0.648. The number of hydrogen-bond donors (Lipinski definition) is 0. The summed E-state index contributed by atoms with van der Waals surface area (Å²) >= 11 is 0. The normalized spacial score (nSPS) is 8.86. The average Bonchev–Trinajstić information content (AvgIpc) is 2.59. The Morgan fingerprint density at radius 2 is 1.21 bits per heavy atom. The predicted molar refractivity (Wildman–Crippen MR) is 42.8 cm³/mol. The molecule has 0 aliphatic heterocycles. The molecule has 0 unspecified atom stereocenters. The van der Waals surface area contributed by atoms with Crippen LogP contribution in [0, 0.1) is 10.4 Å². The van der Waals surface area contributed by atoms with Crippen molar-refractivity contribution in [2.75, 3.05) is 0 Å². The molecule has 14 heavy (non-hydrogen) atoms. The van der Waals surface area contributed by atoms with Gasteiger partial charge in [0.2, 0.25) is 11.6 Å². The number of tetrazole rings is 2. The third-order valence-electron chi connectivity index (χ3n) is 1.08. The van der Waals surface area contributed by atoms with Crippen LogP contribution in [0.2, 0.25) is 0 Å². The third kappa shape index (κ3) is 1.92. The zero-order valence-electron chi connectivity index (χ0n) is 6.47. The van der Waals surface area contributed by atoms with Crippen LogP contribution in [-0.2, 0) is 5.48 Å². The maximum absolute atomic E-state index is 10.7. The van der Waals surface area contributed by atoms with Crippen molar-refractivity contribution in [3.8, 4) is 11.6 Å². The summed E-state index contributed by atoms with van der Waals surface area (Å²) in [4.78, 5) is 0.111. The molecule has 0 aliphatic carbocycles. The first kappa shape index (κ1) is 12.6. The molecule has 72 valence electrons. The summed E-state index contributed by atoms with van der Waals surface area (Å²) in [6, 6.07) is 0. The molecule has 2 heterocycles. The molecule has 0 fully saturated rings. The monoisotopic (exact) mass is 395 g/mol. The van der Waals surface area contributed by atoms with Gasteiger partial charge in [-0.2, -0.15) is 0 Å². The Balaban J connectivity index is 0.000000845. The largest absolute Gasteiger partial charge is 2.00 e. The van der Waals surface area contributed by atoms with Gasteiger partial charge in [-0.15, -0.1) is 10.2 Å². The molecule has 0 saturated heterocycles. The molecule has 12 heteroatoms. The van der Waals surface area contributed by atoms with E-state index in [-0.39, 0.29) is 54.1 Å². The summed E-state index contributed by atoms with van der Waals surface area (Å²) in [6.45, 7) is 0. The summed E-state index contributed by atoms with van der Waals surface area (Å²) < 4.78 is 0. The van der Waals surface area contributed by atoms with Crippen molar-refractivity contribution in [3.63, 3.8) is 0 Å². The summed E-state index contributed by atoms with van der Waals surface area (Å²) in [5.41, 5.74) is 0. The van der Waals surface area contributed by atoms with E-state index in [1.807, 2.05) is 0 Å². The van der Waals surface area contributed by atoms with Crippen molar-refractivity contribution in [3.05, 3.63) is 10.4 Å². The van der Waals surface area contributed by atoms with Crippen molar-refractivity contribution < 1.29 is 5.48 Å². The molecule has 2 aromatic heterocycles. The first-order chi connectivity index (χ1) is 5.79. The Kier molecular flexibility index (Phi) is 4.28. The van der Waals surface area contributed by atoms with Crippen LogP contribution in [0.25, 0.3) is 11.6 Å². The average molecular weight is 394 g/mol. The van der Waals surface area contributed by atoms with E-state index in [0.717, 1.165) is 0 Å². The number of rotatable bonds is 1. The molecule has 0 amide bonds. The summed E-state index contributed by atoms with van der Waals surface area (Å²) in [6.07, 6.45) is 0. The molecule has 0 saturated carbocycles. The van der Waals surface area contributed by atoms with Gasteiger partial charge in [0.25, 0.3) is 0 Å². The second-order valence-corrected chi connectivity index (χ2v) is 1.75. The Morgan fingerprint density at radius 1 is 0.857 bits per heavy atom. The fraction of sp³-hybridized carbons (Fsp3) is 0. The molecule has 11 nitrogen and oxygen atoms in total. The minimum atomic E-state index is -0.324.